The van der Waals surface area contributed by atoms with Crippen molar-refractivity contribution >= 4 is 34.2 Å². The van der Waals surface area contributed by atoms with E-state index < -0.39 is 11.8 Å². The first-order valence-corrected chi connectivity index (χ1v) is 8.88. The molecule has 1 aromatic carbocycles. The summed E-state index contributed by atoms with van der Waals surface area (Å²) in [4.78, 5) is 38.3. The lowest BCUT2D eigenvalue weighted by Gasteiger charge is -2.12. The second-order valence-electron chi connectivity index (χ2n) is 6.07. The van der Waals surface area contributed by atoms with E-state index in [1.165, 1.54) is 36.6 Å². The molecule has 0 saturated heterocycles. The summed E-state index contributed by atoms with van der Waals surface area (Å²) in [7, 11) is 1.50. The molecule has 0 saturated carbocycles. The van der Waals surface area contributed by atoms with Gasteiger partial charge in [0.1, 0.15) is 5.01 Å². The minimum absolute atomic E-state index is 0.174. The molecule has 9 heteroatoms. The number of ether oxygens (including phenoxy) is 1. The normalized spacial score (nSPS) is 13.5. The highest BCUT2D eigenvalue weighted by molar-refractivity contribution is 7.15. The topological polar surface area (TPSA) is 101 Å². The number of imide groups is 1. The second kappa shape index (κ2) is 7.30. The van der Waals surface area contributed by atoms with E-state index in [1.807, 2.05) is 13.8 Å². The Kier molecular flexibility index (Phi) is 5.10. The van der Waals surface area contributed by atoms with E-state index in [1.54, 1.807) is 0 Å². The van der Waals surface area contributed by atoms with E-state index in [-0.39, 0.29) is 36.1 Å². The zero-order valence-electron chi connectivity index (χ0n) is 14.6. The summed E-state index contributed by atoms with van der Waals surface area (Å²) in [5.41, 5.74) is 0.791. The van der Waals surface area contributed by atoms with E-state index in [4.69, 9.17) is 4.74 Å². The molecule has 1 N–H and O–H groups in total. The first kappa shape index (κ1) is 18.2. The second-order valence-corrected chi connectivity index (χ2v) is 7.08. The van der Waals surface area contributed by atoms with Gasteiger partial charge in [-0.25, -0.2) is 0 Å². The molecule has 0 unspecified atom stereocenters. The van der Waals surface area contributed by atoms with Crippen LogP contribution in [0.1, 0.15) is 55.8 Å². The number of hydrogen-bond acceptors (Lipinski definition) is 7. The molecule has 1 aliphatic rings. The highest BCUT2D eigenvalue weighted by atomic mass is 32.1. The van der Waals surface area contributed by atoms with Gasteiger partial charge in [-0.3, -0.25) is 24.6 Å². The summed E-state index contributed by atoms with van der Waals surface area (Å²) < 4.78 is 4.92. The van der Waals surface area contributed by atoms with Crippen molar-refractivity contribution in [3.05, 3.63) is 39.9 Å². The minimum Gasteiger partial charge on any atom is -0.383 e. The molecule has 0 aliphatic carbocycles. The number of nitrogens with one attached hydrogen (secondary N) is 1. The van der Waals surface area contributed by atoms with Crippen molar-refractivity contribution in [1.29, 1.82) is 0 Å². The van der Waals surface area contributed by atoms with Gasteiger partial charge in [-0.1, -0.05) is 25.2 Å². The van der Waals surface area contributed by atoms with Gasteiger partial charge >= 0.3 is 0 Å². The molecule has 2 aromatic rings. The number of nitrogens with zero attached hydrogens (tertiary/aromatic N) is 3. The average Bonchev–Trinajstić information content (AvgIpc) is 3.17. The maximum atomic E-state index is 12.4. The van der Waals surface area contributed by atoms with Crippen LogP contribution in [0.4, 0.5) is 5.13 Å². The van der Waals surface area contributed by atoms with Crippen LogP contribution in [0.5, 0.6) is 0 Å². The Labute approximate surface area is 154 Å². The molecule has 1 aromatic heterocycles. The number of methoxy groups -OCH3 is 1. The zero-order chi connectivity index (χ0) is 18.8. The fourth-order valence-corrected chi connectivity index (χ4v) is 3.25. The van der Waals surface area contributed by atoms with Crippen LogP contribution >= 0.6 is 11.3 Å². The van der Waals surface area contributed by atoms with Crippen LogP contribution in [0, 0.1) is 0 Å². The molecule has 1 aliphatic heterocycles. The third kappa shape index (κ3) is 3.35. The highest BCUT2D eigenvalue weighted by Gasteiger charge is 2.35. The maximum absolute atomic E-state index is 12.4. The van der Waals surface area contributed by atoms with Crippen LogP contribution < -0.4 is 5.32 Å². The van der Waals surface area contributed by atoms with Crippen molar-refractivity contribution in [2.75, 3.05) is 25.6 Å². The third-order valence-electron chi connectivity index (χ3n) is 3.91. The van der Waals surface area contributed by atoms with Gasteiger partial charge in [0, 0.05) is 18.6 Å². The standard InChI is InChI=1S/C17H18N4O4S/c1-9(2)14-19-20-17(26-14)18-13(22)10-4-5-11-12(8-10)16(24)21(15(11)23)6-7-25-3/h4-5,8-9H,6-7H2,1-3H3,(H,18,20,22). The van der Waals surface area contributed by atoms with Crippen molar-refractivity contribution in [2.45, 2.75) is 19.8 Å². The summed E-state index contributed by atoms with van der Waals surface area (Å²) in [6.45, 7) is 4.41. The molecule has 0 atom stereocenters. The molecule has 3 rings (SSSR count). The number of carbonyl (C=O) groups excluding carboxylic acids is 3. The van der Waals surface area contributed by atoms with Gasteiger partial charge in [-0.2, -0.15) is 0 Å². The van der Waals surface area contributed by atoms with Crippen molar-refractivity contribution < 1.29 is 19.1 Å². The fourth-order valence-electron chi connectivity index (χ4n) is 2.51. The lowest BCUT2D eigenvalue weighted by Crippen LogP contribution is -2.32. The molecule has 136 valence electrons. The van der Waals surface area contributed by atoms with Gasteiger partial charge in [-0.05, 0) is 18.2 Å². The van der Waals surface area contributed by atoms with E-state index in [9.17, 15) is 14.4 Å². The predicted octanol–water partition coefficient (Wildman–Crippen LogP) is 2.16. The molecule has 26 heavy (non-hydrogen) atoms. The summed E-state index contributed by atoms with van der Waals surface area (Å²) in [6.07, 6.45) is 0. The first-order chi connectivity index (χ1) is 12.4. The fraction of sp³-hybridized carbons (Fsp3) is 0.353. The molecule has 0 radical (unpaired) electrons. The first-order valence-electron chi connectivity index (χ1n) is 8.06. The summed E-state index contributed by atoms with van der Waals surface area (Å²) in [5, 5.41) is 11.8. The molecule has 3 amide bonds. The minimum atomic E-state index is -0.422. The summed E-state index contributed by atoms with van der Waals surface area (Å²) in [6, 6.07) is 4.45. The van der Waals surface area contributed by atoms with E-state index in [0.29, 0.717) is 10.7 Å². The number of rotatable bonds is 6. The Morgan fingerprint density at radius 3 is 2.62 bits per heavy atom. The monoisotopic (exact) mass is 374 g/mol. The van der Waals surface area contributed by atoms with Crippen LogP contribution in [0.3, 0.4) is 0 Å². The smallest absolute Gasteiger partial charge is 0.261 e. The number of carbonyl (C=O) groups is 3. The Balaban J connectivity index is 1.79. The van der Waals surface area contributed by atoms with Crippen molar-refractivity contribution in [1.82, 2.24) is 15.1 Å². The number of fused-ring (bicyclic) bond motifs is 1. The molecule has 2 heterocycles. The largest absolute Gasteiger partial charge is 0.383 e. The number of aromatic nitrogens is 2. The Bertz CT molecular complexity index is 877. The Hall–Kier alpha value is -2.65. The van der Waals surface area contributed by atoms with Gasteiger partial charge in [0.05, 0.1) is 24.3 Å². The average molecular weight is 374 g/mol. The van der Waals surface area contributed by atoms with Crippen LogP contribution in [0.15, 0.2) is 18.2 Å². The van der Waals surface area contributed by atoms with Crippen molar-refractivity contribution in [3.8, 4) is 0 Å². The van der Waals surface area contributed by atoms with Crippen molar-refractivity contribution in [3.63, 3.8) is 0 Å². The van der Waals surface area contributed by atoms with Crippen LogP contribution in [-0.4, -0.2) is 53.1 Å². The van der Waals surface area contributed by atoms with Gasteiger partial charge in [-0.15, -0.1) is 10.2 Å². The van der Waals surface area contributed by atoms with Crippen LogP contribution in [0.2, 0.25) is 0 Å². The third-order valence-corrected chi connectivity index (χ3v) is 5.05. The lowest BCUT2D eigenvalue weighted by atomic mass is 10.1. The van der Waals surface area contributed by atoms with Crippen LogP contribution in [0.25, 0.3) is 0 Å². The van der Waals surface area contributed by atoms with Gasteiger partial charge in [0.15, 0.2) is 0 Å². The zero-order valence-corrected chi connectivity index (χ0v) is 15.4. The summed E-state index contributed by atoms with van der Waals surface area (Å²) >= 11 is 1.30. The Morgan fingerprint density at radius 1 is 1.23 bits per heavy atom. The van der Waals surface area contributed by atoms with Crippen LogP contribution in [-0.2, 0) is 4.74 Å². The molecular formula is C17H18N4O4S. The van der Waals surface area contributed by atoms with Gasteiger partial charge < -0.3 is 4.74 Å². The predicted molar refractivity (Wildman–Crippen MR) is 95.6 cm³/mol. The Morgan fingerprint density at radius 2 is 1.96 bits per heavy atom. The number of amides is 3. The van der Waals surface area contributed by atoms with E-state index in [2.05, 4.69) is 15.5 Å². The SMILES string of the molecule is COCCN1C(=O)c2ccc(C(=O)Nc3nnc(C(C)C)s3)cc2C1=O. The molecule has 0 bridgehead atoms. The molecule has 0 spiro atoms. The number of anilines is 1. The maximum Gasteiger partial charge on any atom is 0.261 e. The van der Waals surface area contributed by atoms with Crippen molar-refractivity contribution in [2.24, 2.45) is 0 Å². The van der Waals surface area contributed by atoms with Gasteiger partial charge in [0.2, 0.25) is 5.13 Å². The van der Waals surface area contributed by atoms with Gasteiger partial charge in [0.25, 0.3) is 17.7 Å². The number of hydrogen-bond donors (Lipinski definition) is 1. The highest BCUT2D eigenvalue weighted by Crippen LogP contribution is 2.26. The van der Waals surface area contributed by atoms with E-state index >= 15 is 0 Å². The lowest BCUT2D eigenvalue weighted by molar-refractivity contribution is 0.0603. The number of benzene rings is 1. The summed E-state index contributed by atoms with van der Waals surface area (Å²) in [5.74, 6) is -0.982. The molecule has 0 fully saturated rings. The molecule has 8 nitrogen and oxygen atoms in total. The quantitative estimate of drug-likeness (QED) is 0.778. The molecular weight excluding hydrogens is 356 g/mol. The van der Waals surface area contributed by atoms with E-state index in [0.717, 1.165) is 9.91 Å².